The van der Waals surface area contributed by atoms with E-state index >= 15 is 0 Å². The van der Waals surface area contributed by atoms with Crippen LogP contribution >= 0.6 is 0 Å². The van der Waals surface area contributed by atoms with Crippen LogP contribution in [0.5, 0.6) is 0 Å². The fourth-order valence-corrected chi connectivity index (χ4v) is 3.26. The SMILES string of the molecule is CCCNC(CCCS(=O)(=O)CC)c1cc(CC)nn1C. The van der Waals surface area contributed by atoms with Gasteiger partial charge >= 0.3 is 0 Å². The molecule has 0 aromatic carbocycles. The van der Waals surface area contributed by atoms with E-state index in [1.165, 1.54) is 0 Å². The van der Waals surface area contributed by atoms with Crippen LogP contribution in [0.1, 0.15) is 57.5 Å². The van der Waals surface area contributed by atoms with Crippen molar-refractivity contribution in [2.45, 2.75) is 52.5 Å². The topological polar surface area (TPSA) is 64.0 Å². The maximum absolute atomic E-state index is 11.6. The van der Waals surface area contributed by atoms with Crippen molar-refractivity contribution in [1.29, 1.82) is 0 Å². The van der Waals surface area contributed by atoms with E-state index in [4.69, 9.17) is 0 Å². The highest BCUT2D eigenvalue weighted by atomic mass is 32.2. The summed E-state index contributed by atoms with van der Waals surface area (Å²) in [5, 5.41) is 8.00. The number of sulfone groups is 1. The van der Waals surface area contributed by atoms with E-state index in [-0.39, 0.29) is 17.5 Å². The fraction of sp³-hybridized carbons (Fsp3) is 0.800. The number of aromatic nitrogens is 2. The Kier molecular flexibility index (Phi) is 7.39. The Morgan fingerprint density at radius 2 is 2.05 bits per heavy atom. The molecule has 1 rings (SSSR count). The minimum Gasteiger partial charge on any atom is -0.309 e. The van der Waals surface area contributed by atoms with Gasteiger partial charge in [-0.05, 0) is 38.3 Å². The van der Waals surface area contributed by atoms with Crippen LogP contribution in [-0.4, -0.2) is 36.2 Å². The molecule has 122 valence electrons. The molecule has 0 radical (unpaired) electrons. The summed E-state index contributed by atoms with van der Waals surface area (Å²) in [5.41, 5.74) is 2.23. The lowest BCUT2D eigenvalue weighted by Gasteiger charge is -2.18. The van der Waals surface area contributed by atoms with Crippen molar-refractivity contribution in [3.05, 3.63) is 17.5 Å². The van der Waals surface area contributed by atoms with Gasteiger partial charge in [0.05, 0.1) is 17.1 Å². The third-order valence-electron chi connectivity index (χ3n) is 3.71. The lowest BCUT2D eigenvalue weighted by Crippen LogP contribution is -2.25. The highest BCUT2D eigenvalue weighted by molar-refractivity contribution is 7.91. The van der Waals surface area contributed by atoms with E-state index in [1.54, 1.807) is 6.92 Å². The number of rotatable bonds is 10. The van der Waals surface area contributed by atoms with Gasteiger partial charge in [-0.2, -0.15) is 5.10 Å². The minimum atomic E-state index is -2.88. The van der Waals surface area contributed by atoms with Gasteiger partial charge in [0, 0.05) is 18.8 Å². The van der Waals surface area contributed by atoms with Crippen molar-refractivity contribution >= 4 is 9.84 Å². The lowest BCUT2D eigenvalue weighted by atomic mass is 10.1. The minimum absolute atomic E-state index is 0.176. The van der Waals surface area contributed by atoms with E-state index in [0.717, 1.165) is 37.2 Å². The third-order valence-corrected chi connectivity index (χ3v) is 5.50. The average Bonchev–Trinajstić information content (AvgIpc) is 2.83. The summed E-state index contributed by atoms with van der Waals surface area (Å²) in [6, 6.07) is 2.30. The summed E-state index contributed by atoms with van der Waals surface area (Å²) in [5.74, 6) is 0.498. The summed E-state index contributed by atoms with van der Waals surface area (Å²) in [4.78, 5) is 0. The van der Waals surface area contributed by atoms with Crippen molar-refractivity contribution in [1.82, 2.24) is 15.1 Å². The van der Waals surface area contributed by atoms with Crippen molar-refractivity contribution in [3.63, 3.8) is 0 Å². The van der Waals surface area contributed by atoms with Crippen molar-refractivity contribution in [2.24, 2.45) is 7.05 Å². The first-order chi connectivity index (χ1) is 9.93. The molecule has 0 aliphatic carbocycles. The van der Waals surface area contributed by atoms with Crippen LogP contribution in [0.3, 0.4) is 0 Å². The van der Waals surface area contributed by atoms with Gasteiger partial charge in [-0.3, -0.25) is 4.68 Å². The van der Waals surface area contributed by atoms with Gasteiger partial charge in [0.25, 0.3) is 0 Å². The Labute approximate surface area is 129 Å². The molecule has 0 amide bonds. The lowest BCUT2D eigenvalue weighted by molar-refractivity contribution is 0.463. The molecule has 0 aliphatic rings. The van der Waals surface area contributed by atoms with Gasteiger partial charge in [0.15, 0.2) is 0 Å². The van der Waals surface area contributed by atoms with Crippen LogP contribution < -0.4 is 5.32 Å². The monoisotopic (exact) mass is 315 g/mol. The van der Waals surface area contributed by atoms with E-state index in [9.17, 15) is 8.42 Å². The zero-order chi connectivity index (χ0) is 15.9. The molecular weight excluding hydrogens is 286 g/mol. The van der Waals surface area contributed by atoms with E-state index in [0.29, 0.717) is 6.42 Å². The molecule has 1 aromatic rings. The second-order valence-electron chi connectivity index (χ2n) is 5.42. The Morgan fingerprint density at radius 3 is 2.57 bits per heavy atom. The Bertz CT molecular complexity index is 523. The first-order valence-corrected chi connectivity index (χ1v) is 9.72. The van der Waals surface area contributed by atoms with Crippen LogP contribution in [0.25, 0.3) is 0 Å². The predicted octanol–water partition coefficient (Wildman–Crippen LogP) is 2.24. The highest BCUT2D eigenvalue weighted by Gasteiger charge is 2.17. The zero-order valence-corrected chi connectivity index (χ0v) is 14.5. The van der Waals surface area contributed by atoms with Crippen molar-refractivity contribution in [2.75, 3.05) is 18.1 Å². The van der Waals surface area contributed by atoms with Crippen LogP contribution in [-0.2, 0) is 23.3 Å². The van der Waals surface area contributed by atoms with Crippen molar-refractivity contribution < 1.29 is 8.42 Å². The summed E-state index contributed by atoms with van der Waals surface area (Å²) in [7, 11) is -0.921. The van der Waals surface area contributed by atoms with Crippen LogP contribution in [0.2, 0.25) is 0 Å². The van der Waals surface area contributed by atoms with E-state index < -0.39 is 9.84 Å². The third kappa shape index (κ3) is 5.79. The normalized spacial score (nSPS) is 13.5. The number of aryl methyl sites for hydroxylation is 2. The number of nitrogens with zero attached hydrogens (tertiary/aromatic N) is 2. The summed E-state index contributed by atoms with van der Waals surface area (Å²) >= 11 is 0. The van der Waals surface area contributed by atoms with Crippen molar-refractivity contribution in [3.8, 4) is 0 Å². The number of nitrogens with one attached hydrogen (secondary N) is 1. The van der Waals surface area contributed by atoms with Gasteiger partial charge in [-0.25, -0.2) is 8.42 Å². The standard InChI is InChI=1S/C15H29N3O2S/c1-5-10-16-14(9-8-11-21(19,20)7-3)15-12-13(6-2)17-18(15)4/h12,14,16H,5-11H2,1-4H3. The van der Waals surface area contributed by atoms with Crippen LogP contribution in [0, 0.1) is 0 Å². The first-order valence-electron chi connectivity index (χ1n) is 7.90. The molecule has 0 saturated heterocycles. The molecule has 0 saturated carbocycles. The first kappa shape index (κ1) is 18.2. The summed E-state index contributed by atoms with van der Waals surface area (Å²) in [6.07, 6.45) is 3.48. The van der Waals surface area contributed by atoms with E-state index in [2.05, 4.69) is 30.3 Å². The molecule has 0 bridgehead atoms. The van der Waals surface area contributed by atoms with Crippen LogP contribution in [0.4, 0.5) is 0 Å². The molecule has 6 heteroatoms. The maximum atomic E-state index is 11.6. The fourth-order valence-electron chi connectivity index (χ4n) is 2.37. The maximum Gasteiger partial charge on any atom is 0.150 e. The Hall–Kier alpha value is -0.880. The highest BCUT2D eigenvalue weighted by Crippen LogP contribution is 2.20. The van der Waals surface area contributed by atoms with Gasteiger partial charge in [-0.1, -0.05) is 20.8 Å². The molecule has 1 atom stereocenters. The Balaban J connectivity index is 2.73. The zero-order valence-electron chi connectivity index (χ0n) is 13.7. The largest absolute Gasteiger partial charge is 0.309 e. The molecule has 1 aromatic heterocycles. The van der Waals surface area contributed by atoms with Gasteiger partial charge in [0.1, 0.15) is 9.84 Å². The predicted molar refractivity (Wildman–Crippen MR) is 87.2 cm³/mol. The molecule has 1 N–H and O–H groups in total. The summed E-state index contributed by atoms with van der Waals surface area (Å²) in [6.45, 7) is 6.86. The second kappa shape index (κ2) is 8.54. The smallest absolute Gasteiger partial charge is 0.150 e. The second-order valence-corrected chi connectivity index (χ2v) is 7.90. The molecule has 0 spiro atoms. The summed E-state index contributed by atoms with van der Waals surface area (Å²) < 4.78 is 25.1. The molecule has 21 heavy (non-hydrogen) atoms. The van der Waals surface area contributed by atoms with Crippen LogP contribution in [0.15, 0.2) is 6.07 Å². The van der Waals surface area contributed by atoms with Gasteiger partial charge < -0.3 is 5.32 Å². The van der Waals surface area contributed by atoms with Gasteiger partial charge in [-0.15, -0.1) is 0 Å². The number of hydrogen-bond donors (Lipinski definition) is 1. The molecule has 5 nitrogen and oxygen atoms in total. The molecule has 1 unspecified atom stereocenters. The molecule has 0 fully saturated rings. The number of hydrogen-bond acceptors (Lipinski definition) is 4. The van der Waals surface area contributed by atoms with Gasteiger partial charge in [0.2, 0.25) is 0 Å². The molecule has 1 heterocycles. The Morgan fingerprint density at radius 1 is 1.33 bits per heavy atom. The quantitative estimate of drug-likeness (QED) is 0.719. The van der Waals surface area contributed by atoms with E-state index in [1.807, 2.05) is 11.7 Å². The molecular formula is C15H29N3O2S. The molecule has 0 aliphatic heterocycles. The average molecular weight is 315 g/mol.